The van der Waals surface area contributed by atoms with Crippen LogP contribution < -0.4 is 5.32 Å². The molecule has 2 aromatic carbocycles. The molecular formula is C17H11ClF2N2O2. The highest BCUT2D eigenvalue weighted by Crippen LogP contribution is 2.28. The molecule has 0 spiro atoms. The number of carbonyl (C=O) groups excluding carboxylic acids is 1. The van der Waals surface area contributed by atoms with Crippen molar-refractivity contribution >= 4 is 23.2 Å². The van der Waals surface area contributed by atoms with Gasteiger partial charge in [0.15, 0.2) is 0 Å². The highest BCUT2D eigenvalue weighted by Gasteiger charge is 2.24. The van der Waals surface area contributed by atoms with Crippen LogP contribution in [0, 0.1) is 18.6 Å². The van der Waals surface area contributed by atoms with Crippen LogP contribution >= 0.6 is 11.6 Å². The summed E-state index contributed by atoms with van der Waals surface area (Å²) in [6.45, 7) is 1.54. The van der Waals surface area contributed by atoms with Crippen molar-refractivity contribution in [2.24, 2.45) is 0 Å². The van der Waals surface area contributed by atoms with Gasteiger partial charge in [0.25, 0.3) is 5.91 Å². The maximum atomic E-state index is 14.0. The molecule has 0 radical (unpaired) electrons. The van der Waals surface area contributed by atoms with E-state index in [-0.39, 0.29) is 22.6 Å². The fourth-order valence-electron chi connectivity index (χ4n) is 2.23. The van der Waals surface area contributed by atoms with Crippen molar-refractivity contribution in [2.75, 3.05) is 5.32 Å². The van der Waals surface area contributed by atoms with E-state index in [9.17, 15) is 13.6 Å². The number of anilines is 1. The first-order chi connectivity index (χ1) is 11.5. The number of nitrogens with one attached hydrogen (secondary N) is 1. The zero-order valence-corrected chi connectivity index (χ0v) is 13.2. The van der Waals surface area contributed by atoms with Crippen LogP contribution in [0.25, 0.3) is 11.3 Å². The Morgan fingerprint density at radius 2 is 1.88 bits per heavy atom. The molecular weight excluding hydrogens is 338 g/mol. The lowest BCUT2D eigenvalue weighted by Crippen LogP contribution is -2.13. The minimum atomic E-state index is -0.830. The van der Waals surface area contributed by atoms with Gasteiger partial charge in [-0.15, -0.1) is 0 Å². The standard InChI is InChI=1S/C17H11ClF2N2O2/c1-9-15(17(23)21-12-5-2-10(18)3-6-12)16(22-24-9)13-7-4-11(19)8-14(13)20/h2-8H,1H3,(H,21,23). The van der Waals surface area contributed by atoms with Crippen molar-refractivity contribution in [3.05, 3.63) is 70.4 Å². The summed E-state index contributed by atoms with van der Waals surface area (Å²) in [6.07, 6.45) is 0. The summed E-state index contributed by atoms with van der Waals surface area (Å²) in [7, 11) is 0. The highest BCUT2D eigenvalue weighted by atomic mass is 35.5. The lowest BCUT2D eigenvalue weighted by atomic mass is 10.0. The van der Waals surface area contributed by atoms with Crippen molar-refractivity contribution in [1.29, 1.82) is 0 Å². The number of amides is 1. The summed E-state index contributed by atoms with van der Waals surface area (Å²) in [6, 6.07) is 9.52. The molecule has 1 aromatic heterocycles. The molecule has 3 aromatic rings. The number of hydrogen-bond acceptors (Lipinski definition) is 3. The monoisotopic (exact) mass is 348 g/mol. The predicted molar refractivity (Wildman–Crippen MR) is 86.0 cm³/mol. The zero-order chi connectivity index (χ0) is 17.3. The van der Waals surface area contributed by atoms with Crippen molar-refractivity contribution in [2.45, 2.75) is 6.92 Å². The van der Waals surface area contributed by atoms with E-state index in [0.717, 1.165) is 12.1 Å². The fourth-order valence-corrected chi connectivity index (χ4v) is 2.36. The molecule has 0 aliphatic carbocycles. The maximum Gasteiger partial charge on any atom is 0.261 e. The molecule has 0 bridgehead atoms. The van der Waals surface area contributed by atoms with E-state index in [0.29, 0.717) is 10.7 Å². The van der Waals surface area contributed by atoms with E-state index in [1.807, 2.05) is 0 Å². The van der Waals surface area contributed by atoms with Gasteiger partial charge in [-0.05, 0) is 43.3 Å². The first-order valence-electron chi connectivity index (χ1n) is 6.94. The summed E-state index contributed by atoms with van der Waals surface area (Å²) in [5.74, 6) is -1.84. The van der Waals surface area contributed by atoms with Gasteiger partial charge >= 0.3 is 0 Å². The lowest BCUT2D eigenvalue weighted by Gasteiger charge is -2.06. The molecule has 4 nitrogen and oxygen atoms in total. The molecule has 0 aliphatic heterocycles. The van der Waals surface area contributed by atoms with Crippen LogP contribution in [0.4, 0.5) is 14.5 Å². The lowest BCUT2D eigenvalue weighted by molar-refractivity contribution is 0.102. The third-order valence-electron chi connectivity index (χ3n) is 3.38. The molecule has 1 amide bonds. The van der Waals surface area contributed by atoms with Gasteiger partial charge in [0, 0.05) is 22.3 Å². The molecule has 0 atom stereocenters. The number of benzene rings is 2. The molecule has 0 saturated heterocycles. The maximum absolute atomic E-state index is 14.0. The predicted octanol–water partition coefficient (Wildman–Crippen LogP) is 4.83. The van der Waals surface area contributed by atoms with Gasteiger partial charge in [0.2, 0.25) is 0 Å². The number of aromatic nitrogens is 1. The number of aryl methyl sites for hydroxylation is 1. The summed E-state index contributed by atoms with van der Waals surface area (Å²) < 4.78 is 32.1. The molecule has 0 unspecified atom stereocenters. The Morgan fingerprint density at radius 3 is 2.54 bits per heavy atom. The highest BCUT2D eigenvalue weighted by molar-refractivity contribution is 6.30. The first kappa shape index (κ1) is 16.1. The third-order valence-corrected chi connectivity index (χ3v) is 3.63. The van der Waals surface area contributed by atoms with E-state index < -0.39 is 17.5 Å². The van der Waals surface area contributed by atoms with E-state index in [1.165, 1.54) is 13.0 Å². The Morgan fingerprint density at radius 1 is 1.17 bits per heavy atom. The fraction of sp³-hybridized carbons (Fsp3) is 0.0588. The Hall–Kier alpha value is -2.73. The Labute approximate surface area is 141 Å². The topological polar surface area (TPSA) is 55.1 Å². The van der Waals surface area contributed by atoms with Crippen LogP contribution in [0.15, 0.2) is 47.0 Å². The number of halogens is 3. The first-order valence-corrected chi connectivity index (χ1v) is 7.32. The molecule has 3 rings (SSSR count). The molecule has 0 fully saturated rings. The van der Waals surface area contributed by atoms with E-state index in [2.05, 4.69) is 10.5 Å². The van der Waals surface area contributed by atoms with Crippen molar-refractivity contribution in [1.82, 2.24) is 5.16 Å². The van der Waals surface area contributed by atoms with Gasteiger partial charge in [-0.2, -0.15) is 0 Å². The average molecular weight is 349 g/mol. The third kappa shape index (κ3) is 3.14. The van der Waals surface area contributed by atoms with E-state index in [1.54, 1.807) is 24.3 Å². The Balaban J connectivity index is 1.97. The molecule has 1 N–H and O–H groups in total. The van der Waals surface area contributed by atoms with E-state index in [4.69, 9.17) is 16.1 Å². The van der Waals surface area contributed by atoms with Crippen LogP contribution in [0.5, 0.6) is 0 Å². The minimum Gasteiger partial charge on any atom is -0.360 e. The van der Waals surface area contributed by atoms with Crippen molar-refractivity contribution in [3.63, 3.8) is 0 Å². The van der Waals surface area contributed by atoms with Crippen LogP contribution in [0.3, 0.4) is 0 Å². The number of hydrogen-bond donors (Lipinski definition) is 1. The summed E-state index contributed by atoms with van der Waals surface area (Å²) in [5.41, 5.74) is 0.581. The van der Waals surface area contributed by atoms with Crippen molar-refractivity contribution < 1.29 is 18.1 Å². The number of carbonyl (C=O) groups is 1. The van der Waals surface area contributed by atoms with Crippen molar-refractivity contribution in [3.8, 4) is 11.3 Å². The normalized spacial score (nSPS) is 10.7. The van der Waals surface area contributed by atoms with Crippen LogP contribution in [0.1, 0.15) is 16.1 Å². The quantitative estimate of drug-likeness (QED) is 0.737. The Kier molecular flexibility index (Phi) is 4.31. The van der Waals surface area contributed by atoms with Crippen LogP contribution in [-0.4, -0.2) is 11.1 Å². The summed E-state index contributed by atoms with van der Waals surface area (Å²) in [4.78, 5) is 12.5. The van der Waals surface area contributed by atoms with Crippen LogP contribution in [-0.2, 0) is 0 Å². The second-order valence-corrected chi connectivity index (χ2v) is 5.48. The van der Waals surface area contributed by atoms with Gasteiger partial charge in [-0.1, -0.05) is 16.8 Å². The SMILES string of the molecule is Cc1onc(-c2ccc(F)cc2F)c1C(=O)Nc1ccc(Cl)cc1. The number of rotatable bonds is 3. The zero-order valence-electron chi connectivity index (χ0n) is 12.4. The molecule has 0 aliphatic rings. The average Bonchev–Trinajstić information content (AvgIpc) is 2.91. The molecule has 122 valence electrons. The smallest absolute Gasteiger partial charge is 0.261 e. The number of nitrogens with zero attached hydrogens (tertiary/aromatic N) is 1. The summed E-state index contributed by atoms with van der Waals surface area (Å²) >= 11 is 5.80. The van der Waals surface area contributed by atoms with Gasteiger partial charge in [0.1, 0.15) is 28.7 Å². The summed E-state index contributed by atoms with van der Waals surface area (Å²) in [5, 5.41) is 6.92. The van der Waals surface area contributed by atoms with Gasteiger partial charge in [-0.3, -0.25) is 4.79 Å². The van der Waals surface area contributed by atoms with Crippen LogP contribution in [0.2, 0.25) is 5.02 Å². The van der Waals surface area contributed by atoms with Gasteiger partial charge < -0.3 is 9.84 Å². The molecule has 1 heterocycles. The second-order valence-electron chi connectivity index (χ2n) is 5.05. The second kappa shape index (κ2) is 6.41. The van der Waals surface area contributed by atoms with Gasteiger partial charge in [0.05, 0.1) is 0 Å². The molecule has 24 heavy (non-hydrogen) atoms. The molecule has 7 heteroatoms. The van der Waals surface area contributed by atoms with Gasteiger partial charge in [-0.25, -0.2) is 8.78 Å². The van der Waals surface area contributed by atoms with E-state index >= 15 is 0 Å². The minimum absolute atomic E-state index is 0.0106. The Bertz CT molecular complexity index is 907. The molecule has 0 saturated carbocycles. The largest absolute Gasteiger partial charge is 0.360 e.